The number of hydrogen-bond donors (Lipinski definition) is 1. The van der Waals surface area contributed by atoms with Crippen molar-refractivity contribution in [1.82, 2.24) is 4.98 Å². The Kier molecular flexibility index (Phi) is 5.61. The molecule has 31 heavy (non-hydrogen) atoms. The highest BCUT2D eigenvalue weighted by atomic mass is 19.1. The molecule has 2 heterocycles. The number of halogens is 1. The van der Waals surface area contributed by atoms with E-state index in [0.717, 1.165) is 0 Å². The van der Waals surface area contributed by atoms with Crippen molar-refractivity contribution in [2.24, 2.45) is 4.99 Å². The van der Waals surface area contributed by atoms with Crippen LogP contribution >= 0.6 is 0 Å². The topological polar surface area (TPSA) is 86.0 Å². The van der Waals surface area contributed by atoms with E-state index >= 15 is 0 Å². The normalized spacial score (nSPS) is 11.4. The summed E-state index contributed by atoms with van der Waals surface area (Å²) in [6, 6.07) is 16.3. The minimum absolute atomic E-state index is 0.00463. The van der Waals surface area contributed by atoms with Crippen molar-refractivity contribution in [3.05, 3.63) is 83.8 Å². The second kappa shape index (κ2) is 8.66. The molecule has 0 unspecified atom stereocenters. The highest BCUT2D eigenvalue weighted by Gasteiger charge is 2.16. The molecule has 4 aromatic rings. The number of fused-ring (bicyclic) bond motifs is 1. The lowest BCUT2D eigenvalue weighted by molar-refractivity contribution is 0.102. The fourth-order valence-corrected chi connectivity index (χ4v) is 2.99. The SMILES string of the molecule is COc1ccc(N=c2oc3c(OC)cccc3cc2C(=O)Nc2ccccn2)cc1F. The molecule has 4 rings (SSSR count). The number of rotatable bonds is 5. The molecule has 2 aromatic heterocycles. The highest BCUT2D eigenvalue weighted by molar-refractivity contribution is 6.05. The molecule has 7 nitrogen and oxygen atoms in total. The molecule has 0 aliphatic heterocycles. The summed E-state index contributed by atoms with van der Waals surface area (Å²) >= 11 is 0. The van der Waals surface area contributed by atoms with Gasteiger partial charge in [-0.3, -0.25) is 4.79 Å². The van der Waals surface area contributed by atoms with Gasteiger partial charge in [0.25, 0.3) is 5.91 Å². The molecule has 0 bridgehead atoms. The van der Waals surface area contributed by atoms with Gasteiger partial charge in [-0.2, -0.15) is 0 Å². The smallest absolute Gasteiger partial charge is 0.262 e. The van der Waals surface area contributed by atoms with E-state index in [4.69, 9.17) is 13.9 Å². The van der Waals surface area contributed by atoms with Gasteiger partial charge >= 0.3 is 0 Å². The van der Waals surface area contributed by atoms with Crippen LogP contribution in [0.2, 0.25) is 0 Å². The summed E-state index contributed by atoms with van der Waals surface area (Å²) in [6.07, 6.45) is 1.57. The molecule has 0 spiro atoms. The van der Waals surface area contributed by atoms with Crippen LogP contribution in [0.1, 0.15) is 10.4 Å². The maximum absolute atomic E-state index is 14.1. The number of pyridine rings is 1. The van der Waals surface area contributed by atoms with Crippen molar-refractivity contribution < 1.29 is 23.1 Å². The van der Waals surface area contributed by atoms with Gasteiger partial charge in [-0.05, 0) is 36.4 Å². The number of benzene rings is 2. The predicted octanol–water partition coefficient (Wildman–Crippen LogP) is 4.47. The van der Waals surface area contributed by atoms with Crippen LogP contribution in [-0.2, 0) is 0 Å². The minimum atomic E-state index is -0.582. The van der Waals surface area contributed by atoms with Crippen molar-refractivity contribution in [1.29, 1.82) is 0 Å². The van der Waals surface area contributed by atoms with Gasteiger partial charge in [0.1, 0.15) is 11.4 Å². The number of hydrogen-bond acceptors (Lipinski definition) is 6. The second-order valence-corrected chi connectivity index (χ2v) is 6.44. The first-order valence-electron chi connectivity index (χ1n) is 9.30. The van der Waals surface area contributed by atoms with Crippen molar-refractivity contribution in [2.75, 3.05) is 19.5 Å². The number of nitrogens with one attached hydrogen (secondary N) is 1. The monoisotopic (exact) mass is 419 g/mol. The molecule has 0 saturated heterocycles. The predicted molar refractivity (Wildman–Crippen MR) is 113 cm³/mol. The molecule has 0 atom stereocenters. The fourth-order valence-electron chi connectivity index (χ4n) is 2.99. The Balaban J connectivity index is 1.89. The molecule has 0 aliphatic carbocycles. The number of aromatic nitrogens is 1. The molecule has 0 aliphatic rings. The minimum Gasteiger partial charge on any atom is -0.494 e. The number of carbonyl (C=O) groups excluding carboxylic acids is 1. The highest BCUT2D eigenvalue weighted by Crippen LogP contribution is 2.26. The molecular formula is C23H18FN3O4. The van der Waals surface area contributed by atoms with E-state index in [0.29, 0.717) is 22.5 Å². The average molecular weight is 419 g/mol. The van der Waals surface area contributed by atoms with E-state index in [9.17, 15) is 9.18 Å². The lowest BCUT2D eigenvalue weighted by Gasteiger charge is -2.08. The van der Waals surface area contributed by atoms with E-state index in [2.05, 4.69) is 15.3 Å². The third-order valence-corrected chi connectivity index (χ3v) is 4.48. The molecule has 1 N–H and O–H groups in total. The molecule has 2 aromatic carbocycles. The summed E-state index contributed by atoms with van der Waals surface area (Å²) < 4.78 is 30.4. The van der Waals surface area contributed by atoms with Crippen molar-refractivity contribution in [2.45, 2.75) is 0 Å². The number of amides is 1. The van der Waals surface area contributed by atoms with Crippen LogP contribution in [0.15, 0.2) is 76.3 Å². The first kappa shape index (κ1) is 20.1. The molecule has 156 valence electrons. The largest absolute Gasteiger partial charge is 0.494 e. The Morgan fingerprint density at radius 3 is 2.58 bits per heavy atom. The van der Waals surface area contributed by atoms with Gasteiger partial charge < -0.3 is 19.2 Å². The number of para-hydroxylation sites is 1. The van der Waals surface area contributed by atoms with Gasteiger partial charge in [0, 0.05) is 17.6 Å². The number of nitrogens with zero attached hydrogens (tertiary/aromatic N) is 2. The summed E-state index contributed by atoms with van der Waals surface area (Å²) in [5.74, 6) is -0.114. The molecule has 0 fully saturated rings. The molecule has 0 radical (unpaired) electrons. The first-order chi connectivity index (χ1) is 15.1. The summed E-state index contributed by atoms with van der Waals surface area (Å²) in [5, 5.41) is 3.36. The van der Waals surface area contributed by atoms with Crippen LogP contribution in [0.5, 0.6) is 11.5 Å². The quantitative estimate of drug-likeness (QED) is 0.516. The first-order valence-corrected chi connectivity index (χ1v) is 9.30. The maximum atomic E-state index is 14.1. The Morgan fingerprint density at radius 1 is 1.03 bits per heavy atom. The van der Waals surface area contributed by atoms with E-state index in [1.165, 1.54) is 26.4 Å². The lowest BCUT2D eigenvalue weighted by atomic mass is 10.1. The summed E-state index contributed by atoms with van der Waals surface area (Å²) in [6.45, 7) is 0. The van der Waals surface area contributed by atoms with Crippen LogP contribution in [0, 0.1) is 5.82 Å². The van der Waals surface area contributed by atoms with Crippen molar-refractivity contribution in [3.63, 3.8) is 0 Å². The summed E-state index contributed by atoms with van der Waals surface area (Å²) in [5.41, 5.74) is 0.813. The van der Waals surface area contributed by atoms with Gasteiger partial charge in [-0.15, -0.1) is 0 Å². The summed E-state index contributed by atoms with van der Waals surface area (Å²) in [4.78, 5) is 21.5. The zero-order valence-corrected chi connectivity index (χ0v) is 16.8. The van der Waals surface area contributed by atoms with Crippen LogP contribution in [0.25, 0.3) is 11.0 Å². The van der Waals surface area contributed by atoms with E-state index in [1.807, 2.05) is 0 Å². The number of carbonyl (C=O) groups is 1. The van der Waals surface area contributed by atoms with Crippen LogP contribution in [-0.4, -0.2) is 25.1 Å². The van der Waals surface area contributed by atoms with E-state index in [-0.39, 0.29) is 22.6 Å². The van der Waals surface area contributed by atoms with Crippen LogP contribution in [0.4, 0.5) is 15.9 Å². The average Bonchev–Trinajstić information content (AvgIpc) is 2.79. The van der Waals surface area contributed by atoms with E-state index in [1.54, 1.807) is 54.7 Å². The fraction of sp³-hybridized carbons (Fsp3) is 0.0870. The van der Waals surface area contributed by atoms with Crippen LogP contribution < -0.4 is 20.3 Å². The van der Waals surface area contributed by atoms with Gasteiger partial charge in [-0.25, -0.2) is 14.4 Å². The van der Waals surface area contributed by atoms with E-state index < -0.39 is 11.7 Å². The number of anilines is 1. The third kappa shape index (κ3) is 4.23. The van der Waals surface area contributed by atoms with Crippen molar-refractivity contribution >= 4 is 28.4 Å². The molecular weight excluding hydrogens is 401 g/mol. The number of ether oxygens (including phenoxy) is 2. The van der Waals surface area contributed by atoms with Gasteiger partial charge in [0.05, 0.1) is 19.9 Å². The molecule has 0 saturated carbocycles. The van der Waals surface area contributed by atoms with Gasteiger partial charge in [0.2, 0.25) is 5.55 Å². The number of methoxy groups -OCH3 is 2. The van der Waals surface area contributed by atoms with Crippen molar-refractivity contribution in [3.8, 4) is 11.5 Å². The third-order valence-electron chi connectivity index (χ3n) is 4.48. The Hall–Kier alpha value is -4.20. The Labute approximate surface area is 176 Å². The van der Waals surface area contributed by atoms with Gasteiger partial charge in [0.15, 0.2) is 22.9 Å². The standard InChI is InChI=1S/C23H18FN3O4/c1-29-18-10-9-15(13-17(18)24)26-23-16(22(28)27-20-8-3-4-11-25-20)12-14-6-5-7-19(30-2)21(14)31-23/h3-13H,1-2H3,(H,25,27,28). The second-order valence-electron chi connectivity index (χ2n) is 6.44. The molecule has 8 heteroatoms. The summed E-state index contributed by atoms with van der Waals surface area (Å²) in [7, 11) is 2.89. The Morgan fingerprint density at radius 2 is 1.87 bits per heavy atom. The molecule has 1 amide bonds. The van der Waals surface area contributed by atoms with Crippen LogP contribution in [0.3, 0.4) is 0 Å². The van der Waals surface area contributed by atoms with Gasteiger partial charge in [-0.1, -0.05) is 18.2 Å². The Bertz CT molecular complexity index is 1320. The maximum Gasteiger partial charge on any atom is 0.262 e. The lowest BCUT2D eigenvalue weighted by Crippen LogP contribution is -2.22. The zero-order chi connectivity index (χ0) is 21.8. The zero-order valence-electron chi connectivity index (χ0n) is 16.8.